The van der Waals surface area contributed by atoms with Crippen molar-refractivity contribution < 1.29 is 9.59 Å². The highest BCUT2D eigenvalue weighted by Crippen LogP contribution is 2.63. The first-order valence-electron chi connectivity index (χ1n) is 43.9. The van der Waals surface area contributed by atoms with Crippen LogP contribution in [0, 0.1) is 0 Å². The lowest BCUT2D eigenvalue weighted by molar-refractivity contribution is 0.103. The van der Waals surface area contributed by atoms with E-state index in [2.05, 4.69) is 340 Å². The monoisotopic (exact) mass is 1580 g/mol. The topological polar surface area (TPSA) is 34.1 Å². The highest BCUT2D eigenvalue weighted by molar-refractivity contribution is 6.53. The number of hydrogen-bond acceptors (Lipinski definition) is 2. The second-order valence-electron chi connectivity index (χ2n) is 35.6. The van der Waals surface area contributed by atoms with E-state index >= 15 is 0 Å². The molecule has 0 aromatic heterocycles. The molecule has 0 radical (unpaired) electrons. The minimum absolute atomic E-state index is 0.111. The van der Waals surface area contributed by atoms with Crippen LogP contribution >= 0.6 is 0 Å². The molecular weight excluding hydrogens is 1520 g/mol. The van der Waals surface area contributed by atoms with Crippen molar-refractivity contribution in [3.63, 3.8) is 0 Å². The molecule has 570 valence electrons. The molecule has 0 heterocycles. The predicted octanol–water partition coefficient (Wildman–Crippen LogP) is 33.8. The third kappa shape index (κ3) is 7.91. The summed E-state index contributed by atoms with van der Waals surface area (Å²) in [5, 5.41) is 51.0. The molecule has 2 heteroatoms. The van der Waals surface area contributed by atoms with Crippen molar-refractivity contribution in [1.29, 1.82) is 0 Å². The molecule has 126 heavy (non-hydrogen) atoms. The molecule has 3 aliphatic carbocycles. The van der Waals surface area contributed by atoms with Crippen LogP contribution in [0.15, 0.2) is 376 Å². The van der Waals surface area contributed by atoms with Crippen molar-refractivity contribution in [2.75, 3.05) is 0 Å². The van der Waals surface area contributed by atoms with Crippen molar-refractivity contribution in [3.05, 3.63) is 398 Å². The number of benzene rings is 27. The van der Waals surface area contributed by atoms with Gasteiger partial charge in [0.25, 0.3) is 0 Å². The van der Waals surface area contributed by atoms with E-state index in [0.29, 0.717) is 0 Å². The minimum atomic E-state index is 0.111. The Morgan fingerprint density at radius 3 is 0.635 bits per heavy atom. The quantitative estimate of drug-likeness (QED) is 0.130. The zero-order valence-electron chi connectivity index (χ0n) is 67.6. The van der Waals surface area contributed by atoms with Crippen molar-refractivity contribution in [2.24, 2.45) is 0 Å². The second kappa shape index (κ2) is 23.4. The van der Waals surface area contributed by atoms with E-state index in [4.69, 9.17) is 0 Å². The lowest BCUT2D eigenvalue weighted by atomic mass is 9.78. The number of hydrogen-bond donors (Lipinski definition) is 0. The van der Waals surface area contributed by atoms with Gasteiger partial charge in [-0.15, -0.1) is 0 Å². The van der Waals surface area contributed by atoms with Gasteiger partial charge in [-0.05, 0) is 306 Å². The van der Waals surface area contributed by atoms with Gasteiger partial charge in [0.05, 0.1) is 0 Å². The highest BCUT2D eigenvalue weighted by Gasteiger charge is 2.37. The molecule has 0 amide bonds. The molecule has 0 bridgehead atoms. The summed E-state index contributed by atoms with van der Waals surface area (Å²) in [6, 6.07) is 139. The molecule has 3 aliphatic rings. The van der Waals surface area contributed by atoms with Crippen LogP contribution in [0.1, 0.15) is 31.8 Å². The zero-order chi connectivity index (χ0) is 81.6. The molecule has 32 rings (SSSR count). The molecule has 0 atom stereocenters. The largest absolute Gasteiger partial charge is 0.289 e. The fraction of sp³-hybridized carbons (Fsp3) is 0. The summed E-state index contributed by atoms with van der Waals surface area (Å²) >= 11 is 0. The van der Waals surface area contributed by atoms with E-state index in [1.165, 1.54) is 271 Å². The number of rotatable bonds is 4. The van der Waals surface area contributed by atoms with E-state index in [1.807, 2.05) is 36.4 Å². The van der Waals surface area contributed by atoms with Crippen LogP contribution in [0.25, 0.3) is 304 Å². The first kappa shape index (κ1) is 66.2. The lowest BCUT2D eigenvalue weighted by Gasteiger charge is -2.24. The van der Waals surface area contributed by atoms with Crippen LogP contribution in [0.5, 0.6) is 0 Å². The van der Waals surface area contributed by atoms with Gasteiger partial charge in [0.1, 0.15) is 0 Å². The third-order valence-electron chi connectivity index (χ3n) is 30.2. The Kier molecular flexibility index (Phi) is 12.3. The van der Waals surface area contributed by atoms with Crippen molar-refractivity contribution >= 4 is 227 Å². The fourth-order valence-corrected chi connectivity index (χ4v) is 25.5. The Bertz CT molecular complexity index is 9690. The van der Waals surface area contributed by atoms with Gasteiger partial charge in [-0.3, -0.25) is 9.59 Å². The van der Waals surface area contributed by atoms with Gasteiger partial charge in [0.2, 0.25) is 0 Å². The minimum Gasteiger partial charge on any atom is -0.289 e. The Morgan fingerprint density at radius 2 is 0.317 bits per heavy atom. The SMILES string of the molecule is O=C1c2ccccc2-c2ccc3c4ccc5c6ccc7c8c(-c9ccccc9)c9c%10cccc%11cccc(c9c(-c9ccccc9)c8c8ccc(c9ccc(c%12ccc1c2c%123)c4c95)c6c87)c%11%10.O=C1c2ccccc2-c2ccc3c4ccc5c6ccc7c8c(ccc(c9ccc(c%10ccc1c2c%103)c4c95)c86)-c1c-7c(-c2ccccc2)c2ccccc2c1-c1ccccc1. The van der Waals surface area contributed by atoms with Gasteiger partial charge < -0.3 is 0 Å². The summed E-state index contributed by atoms with van der Waals surface area (Å²) in [5.74, 6) is 0.222. The highest BCUT2D eigenvalue weighted by atomic mass is 16.1. The summed E-state index contributed by atoms with van der Waals surface area (Å²) < 4.78 is 0. The summed E-state index contributed by atoms with van der Waals surface area (Å²) in [4.78, 5) is 28.0. The number of ketones is 2. The van der Waals surface area contributed by atoms with Crippen LogP contribution in [0.4, 0.5) is 0 Å². The van der Waals surface area contributed by atoms with Gasteiger partial charge >= 0.3 is 0 Å². The van der Waals surface area contributed by atoms with E-state index in [0.717, 1.165) is 55.3 Å². The molecule has 0 unspecified atom stereocenters. The van der Waals surface area contributed by atoms with Crippen LogP contribution in [-0.2, 0) is 0 Å². The van der Waals surface area contributed by atoms with E-state index < -0.39 is 0 Å². The number of carbonyl (C=O) groups excluding carboxylic acids is 2. The van der Waals surface area contributed by atoms with Crippen molar-refractivity contribution in [1.82, 2.24) is 0 Å². The van der Waals surface area contributed by atoms with Crippen molar-refractivity contribution in [2.45, 2.75) is 0 Å². The molecule has 0 aliphatic heterocycles. The maximum atomic E-state index is 14.0. The van der Waals surface area contributed by atoms with Gasteiger partial charge in [0.15, 0.2) is 11.6 Å². The predicted molar refractivity (Wildman–Crippen MR) is 534 cm³/mol. The molecular formula is C124H62O2. The molecule has 0 fully saturated rings. The average molecular weight is 1580 g/mol. The maximum absolute atomic E-state index is 14.0. The van der Waals surface area contributed by atoms with E-state index in [9.17, 15) is 9.59 Å². The Morgan fingerprint density at radius 1 is 0.103 bits per heavy atom. The van der Waals surface area contributed by atoms with Gasteiger partial charge in [-0.25, -0.2) is 0 Å². The Balaban J connectivity index is 0.000000121. The summed E-state index contributed by atoms with van der Waals surface area (Å²) in [5.41, 5.74) is 23.0. The molecule has 29 aromatic rings. The smallest absolute Gasteiger partial charge is 0.194 e. The standard InChI is InChI=1S/C65H32O.C59H30O/c66-65-46-18-8-7-17-36(46)37-21-22-42-38-23-24-39-43-27-30-49-60-50(31-28-44(58(43)60)40-25-26-41(55(38)56(39)40)45-29-32-51(65)59(37)57(42)45)64-54(35-13-5-2-6-14-35)62-48-20-10-16-33-15-9-19-47(52(33)48)61(62)53(63(49)64)34-11-3-1-4-12-34;60-59-45-18-10-7-15-33(45)36-19-20-41-37-21-22-38-42-25-28-46-56-47(29-26-43(54(42)56)39-23-24-40(51(37)52(38)39)44-27-30-48(59)55(36)53(41)44)58-50(32-13-5-2-6-14-32)35-17-9-8-16-34(35)49(57(46)58)31-11-3-1-4-12-31/h1-32H;1-30H. The first-order chi connectivity index (χ1) is 62.5. The lowest BCUT2D eigenvalue weighted by Crippen LogP contribution is -2.10. The van der Waals surface area contributed by atoms with Crippen LogP contribution in [-0.4, -0.2) is 11.6 Å². The molecule has 0 N–H and O–H groups in total. The van der Waals surface area contributed by atoms with Gasteiger partial charge in [0, 0.05) is 33.0 Å². The Labute approximate surface area is 718 Å². The summed E-state index contributed by atoms with van der Waals surface area (Å²) in [7, 11) is 0. The maximum Gasteiger partial charge on any atom is 0.194 e. The number of carbonyl (C=O) groups is 2. The summed E-state index contributed by atoms with van der Waals surface area (Å²) in [6.45, 7) is 0. The zero-order valence-corrected chi connectivity index (χ0v) is 67.6. The van der Waals surface area contributed by atoms with Gasteiger partial charge in [-0.2, -0.15) is 0 Å². The first-order valence-corrected chi connectivity index (χ1v) is 43.9. The third-order valence-corrected chi connectivity index (χ3v) is 30.2. The van der Waals surface area contributed by atoms with Crippen LogP contribution < -0.4 is 0 Å². The Hall–Kier alpha value is -16.5. The fourth-order valence-electron chi connectivity index (χ4n) is 25.5. The van der Waals surface area contributed by atoms with E-state index in [1.54, 1.807) is 0 Å². The van der Waals surface area contributed by atoms with Gasteiger partial charge in [-0.1, -0.05) is 364 Å². The van der Waals surface area contributed by atoms with Crippen LogP contribution in [0.2, 0.25) is 0 Å². The normalized spacial score (nSPS) is 13.1. The molecule has 29 aromatic carbocycles. The van der Waals surface area contributed by atoms with Crippen LogP contribution in [0.3, 0.4) is 0 Å². The average Bonchev–Trinajstić information content (AvgIpc) is 1.29. The molecule has 0 spiro atoms. The summed E-state index contributed by atoms with van der Waals surface area (Å²) in [6.07, 6.45) is 0. The van der Waals surface area contributed by atoms with Crippen molar-refractivity contribution in [3.8, 4) is 89.0 Å². The molecule has 0 saturated carbocycles. The molecule has 0 saturated heterocycles. The second-order valence-corrected chi connectivity index (χ2v) is 35.6. The molecule has 2 nitrogen and oxygen atoms in total. The number of fused-ring (bicyclic) bond motifs is 22. The van der Waals surface area contributed by atoms with E-state index in [-0.39, 0.29) is 11.6 Å².